The molecule has 1 unspecified atom stereocenters. The number of carbonyl (C=O) groups is 1. The van der Waals surface area contributed by atoms with Gasteiger partial charge < -0.3 is 15.0 Å². The second-order valence-corrected chi connectivity index (χ2v) is 3.67. The zero-order valence-corrected chi connectivity index (χ0v) is 9.08. The minimum absolute atomic E-state index is 0.118. The lowest BCUT2D eigenvalue weighted by molar-refractivity contribution is -0.138. The summed E-state index contributed by atoms with van der Waals surface area (Å²) < 4.78 is 4.87. The summed E-state index contributed by atoms with van der Waals surface area (Å²) in [5.74, 6) is 0.118. The topological polar surface area (TPSA) is 41.6 Å². The van der Waals surface area contributed by atoms with Gasteiger partial charge in [0.25, 0.3) is 0 Å². The van der Waals surface area contributed by atoms with Crippen molar-refractivity contribution in [2.45, 2.75) is 25.8 Å². The SMILES string of the molecule is CCCC1CNCCN1C(=O)COC. The molecule has 0 aromatic rings. The van der Waals surface area contributed by atoms with Crippen molar-refractivity contribution in [3.05, 3.63) is 0 Å². The maximum Gasteiger partial charge on any atom is 0.248 e. The van der Waals surface area contributed by atoms with E-state index in [0.717, 1.165) is 32.5 Å². The number of methoxy groups -OCH3 is 1. The highest BCUT2D eigenvalue weighted by Gasteiger charge is 2.25. The first kappa shape index (κ1) is 11.5. The van der Waals surface area contributed by atoms with Gasteiger partial charge in [0.05, 0.1) is 0 Å². The Morgan fingerprint density at radius 3 is 3.07 bits per heavy atom. The lowest BCUT2D eigenvalue weighted by Gasteiger charge is -2.36. The van der Waals surface area contributed by atoms with E-state index in [2.05, 4.69) is 12.2 Å². The predicted octanol–water partition coefficient (Wildman–Crippen LogP) is 0.233. The van der Waals surface area contributed by atoms with E-state index in [1.807, 2.05) is 4.90 Å². The van der Waals surface area contributed by atoms with Crippen LogP contribution in [0.15, 0.2) is 0 Å². The normalized spacial score (nSPS) is 22.4. The number of amides is 1. The van der Waals surface area contributed by atoms with Gasteiger partial charge in [0.15, 0.2) is 0 Å². The van der Waals surface area contributed by atoms with E-state index in [1.54, 1.807) is 7.11 Å². The van der Waals surface area contributed by atoms with Crippen LogP contribution in [0.2, 0.25) is 0 Å². The van der Waals surface area contributed by atoms with Gasteiger partial charge in [-0.15, -0.1) is 0 Å². The van der Waals surface area contributed by atoms with E-state index < -0.39 is 0 Å². The van der Waals surface area contributed by atoms with E-state index >= 15 is 0 Å². The van der Waals surface area contributed by atoms with Gasteiger partial charge in [-0.3, -0.25) is 4.79 Å². The maximum atomic E-state index is 11.7. The smallest absolute Gasteiger partial charge is 0.248 e. The molecule has 0 saturated carbocycles. The van der Waals surface area contributed by atoms with E-state index in [-0.39, 0.29) is 12.5 Å². The molecule has 0 aromatic carbocycles. The van der Waals surface area contributed by atoms with Crippen LogP contribution in [0.4, 0.5) is 0 Å². The number of hydrogen-bond acceptors (Lipinski definition) is 3. The number of nitrogens with zero attached hydrogens (tertiary/aromatic N) is 1. The van der Waals surface area contributed by atoms with Crippen LogP contribution in [0.1, 0.15) is 19.8 Å². The number of rotatable bonds is 4. The summed E-state index contributed by atoms with van der Waals surface area (Å²) in [6, 6.07) is 0.358. The molecule has 1 saturated heterocycles. The summed E-state index contributed by atoms with van der Waals surface area (Å²) in [5.41, 5.74) is 0. The third kappa shape index (κ3) is 2.96. The highest BCUT2D eigenvalue weighted by Crippen LogP contribution is 2.09. The average Bonchev–Trinajstić information content (AvgIpc) is 2.19. The molecule has 0 aromatic heterocycles. The van der Waals surface area contributed by atoms with Crippen LogP contribution in [0.5, 0.6) is 0 Å². The van der Waals surface area contributed by atoms with Gasteiger partial charge in [0.2, 0.25) is 5.91 Å². The summed E-state index contributed by atoms with van der Waals surface area (Å²) in [6.07, 6.45) is 2.19. The first-order valence-corrected chi connectivity index (χ1v) is 5.28. The molecule has 1 amide bonds. The zero-order valence-electron chi connectivity index (χ0n) is 9.08. The number of carbonyl (C=O) groups excluding carboxylic acids is 1. The Kier molecular flexibility index (Phi) is 4.90. The molecule has 1 heterocycles. The maximum absolute atomic E-state index is 11.7. The Morgan fingerprint density at radius 1 is 1.64 bits per heavy atom. The molecule has 0 spiro atoms. The van der Waals surface area contributed by atoms with E-state index in [9.17, 15) is 4.79 Å². The molecule has 4 nitrogen and oxygen atoms in total. The number of ether oxygens (including phenoxy) is 1. The fourth-order valence-corrected chi connectivity index (χ4v) is 1.89. The molecule has 0 radical (unpaired) electrons. The minimum Gasteiger partial charge on any atom is -0.375 e. The second kappa shape index (κ2) is 5.98. The Balaban J connectivity index is 2.48. The van der Waals surface area contributed by atoms with E-state index in [0.29, 0.717) is 6.04 Å². The molecular weight excluding hydrogens is 180 g/mol. The van der Waals surface area contributed by atoms with Crippen molar-refractivity contribution in [2.75, 3.05) is 33.4 Å². The summed E-state index contributed by atoms with van der Waals surface area (Å²) in [4.78, 5) is 13.6. The van der Waals surface area contributed by atoms with Gasteiger partial charge in [-0.25, -0.2) is 0 Å². The largest absolute Gasteiger partial charge is 0.375 e. The molecule has 82 valence electrons. The first-order chi connectivity index (χ1) is 6.79. The van der Waals surface area contributed by atoms with Crippen molar-refractivity contribution >= 4 is 5.91 Å². The lowest BCUT2D eigenvalue weighted by atomic mass is 10.1. The minimum atomic E-state index is 0.118. The van der Waals surface area contributed by atoms with Crippen molar-refractivity contribution < 1.29 is 9.53 Å². The molecule has 4 heteroatoms. The Hall–Kier alpha value is -0.610. The van der Waals surface area contributed by atoms with E-state index in [4.69, 9.17) is 4.74 Å². The van der Waals surface area contributed by atoms with Gasteiger partial charge >= 0.3 is 0 Å². The van der Waals surface area contributed by atoms with Crippen LogP contribution in [0.3, 0.4) is 0 Å². The molecule has 0 aliphatic carbocycles. The van der Waals surface area contributed by atoms with Crippen LogP contribution in [0, 0.1) is 0 Å². The van der Waals surface area contributed by atoms with Crippen molar-refractivity contribution in [2.24, 2.45) is 0 Å². The molecule has 1 N–H and O–H groups in total. The Bertz CT molecular complexity index is 183. The van der Waals surface area contributed by atoms with Crippen LogP contribution in [0.25, 0.3) is 0 Å². The van der Waals surface area contributed by atoms with Crippen LogP contribution in [-0.2, 0) is 9.53 Å². The Morgan fingerprint density at radius 2 is 2.43 bits per heavy atom. The highest BCUT2D eigenvalue weighted by molar-refractivity contribution is 5.77. The summed E-state index contributed by atoms with van der Waals surface area (Å²) in [7, 11) is 1.56. The van der Waals surface area contributed by atoms with Gasteiger partial charge in [-0.2, -0.15) is 0 Å². The van der Waals surface area contributed by atoms with Gasteiger partial charge in [0.1, 0.15) is 6.61 Å². The molecule has 1 rings (SSSR count). The average molecular weight is 200 g/mol. The first-order valence-electron chi connectivity index (χ1n) is 5.28. The third-order valence-electron chi connectivity index (χ3n) is 2.56. The summed E-state index contributed by atoms with van der Waals surface area (Å²) >= 11 is 0. The van der Waals surface area contributed by atoms with Gasteiger partial charge in [-0.05, 0) is 6.42 Å². The quantitative estimate of drug-likeness (QED) is 0.706. The van der Waals surface area contributed by atoms with E-state index in [1.165, 1.54) is 0 Å². The molecule has 1 aliphatic heterocycles. The number of hydrogen-bond donors (Lipinski definition) is 1. The second-order valence-electron chi connectivity index (χ2n) is 3.67. The molecule has 14 heavy (non-hydrogen) atoms. The summed E-state index contributed by atoms with van der Waals surface area (Å²) in [6.45, 7) is 4.99. The van der Waals surface area contributed by atoms with Crippen molar-refractivity contribution in [3.8, 4) is 0 Å². The van der Waals surface area contributed by atoms with Crippen LogP contribution < -0.4 is 5.32 Å². The number of nitrogens with one attached hydrogen (secondary N) is 1. The van der Waals surface area contributed by atoms with Gasteiger partial charge in [0, 0.05) is 32.8 Å². The number of piperazine rings is 1. The molecule has 0 bridgehead atoms. The molecule has 1 atom stereocenters. The Labute approximate surface area is 85.6 Å². The van der Waals surface area contributed by atoms with Gasteiger partial charge in [-0.1, -0.05) is 13.3 Å². The molecule has 1 fully saturated rings. The monoisotopic (exact) mass is 200 g/mol. The third-order valence-corrected chi connectivity index (χ3v) is 2.56. The van der Waals surface area contributed by atoms with Crippen molar-refractivity contribution in [1.29, 1.82) is 0 Å². The van der Waals surface area contributed by atoms with Crippen LogP contribution >= 0.6 is 0 Å². The lowest BCUT2D eigenvalue weighted by Crippen LogP contribution is -2.54. The van der Waals surface area contributed by atoms with Crippen molar-refractivity contribution in [3.63, 3.8) is 0 Å². The zero-order chi connectivity index (χ0) is 10.4. The predicted molar refractivity (Wildman–Crippen MR) is 55.2 cm³/mol. The van der Waals surface area contributed by atoms with Crippen LogP contribution in [-0.4, -0.2) is 50.2 Å². The standard InChI is InChI=1S/C10H20N2O2/c1-3-4-9-7-11-5-6-12(9)10(13)8-14-2/h9,11H,3-8H2,1-2H3. The highest BCUT2D eigenvalue weighted by atomic mass is 16.5. The molecule has 1 aliphatic rings. The summed E-state index contributed by atoms with van der Waals surface area (Å²) in [5, 5.41) is 3.31. The fraction of sp³-hybridized carbons (Fsp3) is 0.900. The fourth-order valence-electron chi connectivity index (χ4n) is 1.89. The molecular formula is C10H20N2O2. The van der Waals surface area contributed by atoms with Crippen molar-refractivity contribution in [1.82, 2.24) is 10.2 Å².